The summed E-state index contributed by atoms with van der Waals surface area (Å²) in [6, 6.07) is 8.05. The van der Waals surface area contributed by atoms with Crippen LogP contribution >= 0.6 is 0 Å². The van der Waals surface area contributed by atoms with Gasteiger partial charge >= 0.3 is 6.08 Å². The molecule has 20 heavy (non-hydrogen) atoms. The van der Waals surface area contributed by atoms with Gasteiger partial charge in [-0.2, -0.15) is 4.98 Å². The summed E-state index contributed by atoms with van der Waals surface area (Å²) in [5, 5.41) is 3.27. The topological polar surface area (TPSA) is 47.3 Å². The third kappa shape index (κ3) is 4.38. The van der Waals surface area contributed by atoms with E-state index in [9.17, 15) is 0 Å². The summed E-state index contributed by atoms with van der Waals surface area (Å²) in [6.07, 6.45) is 5.26. The Morgan fingerprint density at radius 2 is 1.95 bits per heavy atom. The van der Waals surface area contributed by atoms with Crippen molar-refractivity contribution >= 4 is 0 Å². The molecule has 1 aromatic carbocycles. The maximum Gasteiger partial charge on any atom is 0.399 e. The molecule has 108 valence electrons. The molecular formula is C16H22N2O2. The normalized spacial score (nSPS) is 10.7. The molecule has 0 aliphatic heterocycles. The van der Waals surface area contributed by atoms with E-state index in [-0.39, 0.29) is 0 Å². The maximum absolute atomic E-state index is 5.59. The molecule has 0 unspecified atom stereocenters. The minimum atomic E-state index is 0.293. The molecule has 0 fully saturated rings. The molecule has 0 saturated carbocycles. The van der Waals surface area contributed by atoms with Gasteiger partial charge in [-0.3, -0.25) is 0 Å². The molecule has 1 aromatic heterocycles. The van der Waals surface area contributed by atoms with E-state index in [1.807, 2.05) is 12.1 Å². The first kappa shape index (κ1) is 14.6. The van der Waals surface area contributed by atoms with E-state index in [1.54, 1.807) is 6.26 Å². The van der Waals surface area contributed by atoms with Crippen LogP contribution in [0.3, 0.4) is 0 Å². The number of rotatable bonds is 8. The van der Waals surface area contributed by atoms with Crippen LogP contribution in [-0.4, -0.2) is 11.5 Å². The summed E-state index contributed by atoms with van der Waals surface area (Å²) in [5.41, 5.74) is 2.17. The molecule has 1 heterocycles. The Bertz CT molecular complexity index is 505. The number of nitrogens with zero attached hydrogens (tertiary/aromatic N) is 1. The summed E-state index contributed by atoms with van der Waals surface area (Å²) in [4.78, 5) is 4.28. The lowest BCUT2D eigenvalue weighted by Gasteiger charge is -2.02. The quantitative estimate of drug-likeness (QED) is 0.741. The predicted molar refractivity (Wildman–Crippen MR) is 79.0 cm³/mol. The van der Waals surface area contributed by atoms with Crippen LogP contribution in [0.5, 0.6) is 11.8 Å². The van der Waals surface area contributed by atoms with Crippen LogP contribution < -0.4 is 10.1 Å². The number of hydrogen-bond acceptors (Lipinski definition) is 4. The Labute approximate surface area is 120 Å². The summed E-state index contributed by atoms with van der Waals surface area (Å²) in [6.45, 7) is 5.98. The molecule has 2 aromatic rings. The van der Waals surface area contributed by atoms with Crippen LogP contribution in [0.2, 0.25) is 0 Å². The van der Waals surface area contributed by atoms with Crippen molar-refractivity contribution < 1.29 is 9.15 Å². The van der Waals surface area contributed by atoms with Gasteiger partial charge in [-0.1, -0.05) is 32.4 Å². The summed E-state index contributed by atoms with van der Waals surface area (Å²) in [5.74, 6) is 0.750. The van der Waals surface area contributed by atoms with Crippen molar-refractivity contribution in [3.63, 3.8) is 0 Å². The smallest absolute Gasteiger partial charge is 0.399 e. The van der Waals surface area contributed by atoms with E-state index in [4.69, 9.17) is 9.15 Å². The Hall–Kier alpha value is -1.81. The first-order valence-corrected chi connectivity index (χ1v) is 7.23. The second-order valence-electron chi connectivity index (χ2n) is 4.78. The van der Waals surface area contributed by atoms with Gasteiger partial charge in [0.05, 0.1) is 5.69 Å². The van der Waals surface area contributed by atoms with Crippen LogP contribution in [0.1, 0.15) is 37.9 Å². The molecule has 2 rings (SSSR count). The van der Waals surface area contributed by atoms with Crippen molar-refractivity contribution in [2.24, 2.45) is 0 Å². The molecule has 0 spiro atoms. The van der Waals surface area contributed by atoms with Gasteiger partial charge in [-0.05, 0) is 37.1 Å². The van der Waals surface area contributed by atoms with E-state index >= 15 is 0 Å². The number of hydrogen-bond donors (Lipinski definition) is 1. The van der Waals surface area contributed by atoms with Crippen molar-refractivity contribution in [1.29, 1.82) is 0 Å². The lowest BCUT2D eigenvalue weighted by atomic mass is 10.1. The Morgan fingerprint density at radius 1 is 1.15 bits per heavy atom. The van der Waals surface area contributed by atoms with Crippen molar-refractivity contribution in [1.82, 2.24) is 10.3 Å². The minimum Gasteiger partial charge on any atom is -0.417 e. The fourth-order valence-electron chi connectivity index (χ4n) is 1.92. The zero-order valence-electron chi connectivity index (χ0n) is 12.2. The highest BCUT2D eigenvalue weighted by atomic mass is 16.6. The third-order valence-corrected chi connectivity index (χ3v) is 2.93. The molecule has 0 amide bonds. The zero-order chi connectivity index (χ0) is 14.2. The zero-order valence-corrected chi connectivity index (χ0v) is 12.2. The van der Waals surface area contributed by atoms with Crippen molar-refractivity contribution in [2.45, 2.75) is 39.7 Å². The van der Waals surface area contributed by atoms with Crippen molar-refractivity contribution in [2.75, 3.05) is 6.54 Å². The third-order valence-electron chi connectivity index (χ3n) is 2.93. The minimum absolute atomic E-state index is 0.293. The number of benzene rings is 1. The number of aryl methyl sites for hydroxylation is 1. The van der Waals surface area contributed by atoms with E-state index in [1.165, 1.54) is 5.56 Å². The highest BCUT2D eigenvalue weighted by Crippen LogP contribution is 2.21. The van der Waals surface area contributed by atoms with Gasteiger partial charge in [-0.15, -0.1) is 0 Å². The van der Waals surface area contributed by atoms with Crippen LogP contribution in [0, 0.1) is 0 Å². The second kappa shape index (κ2) is 7.70. The van der Waals surface area contributed by atoms with E-state index in [0.717, 1.165) is 37.3 Å². The largest absolute Gasteiger partial charge is 0.417 e. The monoisotopic (exact) mass is 274 g/mol. The fourth-order valence-corrected chi connectivity index (χ4v) is 1.92. The molecule has 0 atom stereocenters. The van der Waals surface area contributed by atoms with Crippen LogP contribution in [0.15, 0.2) is 34.9 Å². The van der Waals surface area contributed by atoms with Gasteiger partial charge in [-0.25, -0.2) is 0 Å². The standard InChI is InChI=1S/C16H22N2O2/c1-3-5-13-6-8-15(9-7-13)20-16-18-14(12-19-16)11-17-10-4-2/h6-9,12,17H,3-5,10-11H2,1-2H3. The SMILES string of the molecule is CCCNCc1coc(Oc2ccc(CCC)cc2)n1. The molecule has 0 radical (unpaired) electrons. The first-order chi connectivity index (χ1) is 9.81. The van der Waals surface area contributed by atoms with Crippen molar-refractivity contribution in [3.8, 4) is 11.8 Å². The number of nitrogens with one attached hydrogen (secondary N) is 1. The van der Waals surface area contributed by atoms with Gasteiger partial charge in [0.15, 0.2) is 0 Å². The highest BCUT2D eigenvalue weighted by Gasteiger charge is 2.06. The van der Waals surface area contributed by atoms with E-state index in [0.29, 0.717) is 12.6 Å². The van der Waals surface area contributed by atoms with Crippen LogP contribution in [0.25, 0.3) is 0 Å². The molecule has 0 aliphatic rings. The van der Waals surface area contributed by atoms with Gasteiger partial charge < -0.3 is 14.5 Å². The van der Waals surface area contributed by atoms with Crippen LogP contribution in [-0.2, 0) is 13.0 Å². The number of aromatic nitrogens is 1. The number of oxazole rings is 1. The first-order valence-electron chi connectivity index (χ1n) is 7.23. The molecule has 4 nitrogen and oxygen atoms in total. The molecule has 0 bridgehead atoms. The van der Waals surface area contributed by atoms with Gasteiger partial charge in [0.25, 0.3) is 0 Å². The summed E-state index contributed by atoms with van der Waals surface area (Å²) >= 11 is 0. The van der Waals surface area contributed by atoms with Gasteiger partial charge in [0, 0.05) is 6.54 Å². The van der Waals surface area contributed by atoms with Crippen molar-refractivity contribution in [3.05, 3.63) is 41.8 Å². The van der Waals surface area contributed by atoms with E-state index in [2.05, 4.69) is 36.3 Å². The van der Waals surface area contributed by atoms with Gasteiger partial charge in [0.1, 0.15) is 12.0 Å². The van der Waals surface area contributed by atoms with Gasteiger partial charge in [0.2, 0.25) is 0 Å². The van der Waals surface area contributed by atoms with E-state index < -0.39 is 0 Å². The van der Waals surface area contributed by atoms with Crippen LogP contribution in [0.4, 0.5) is 0 Å². The molecule has 1 N–H and O–H groups in total. The molecule has 0 saturated heterocycles. The Morgan fingerprint density at radius 3 is 2.65 bits per heavy atom. The lowest BCUT2D eigenvalue weighted by Crippen LogP contribution is -2.13. The summed E-state index contributed by atoms with van der Waals surface area (Å²) < 4.78 is 10.9. The Balaban J connectivity index is 1.89. The average molecular weight is 274 g/mol. The average Bonchev–Trinajstić information content (AvgIpc) is 2.89. The highest BCUT2D eigenvalue weighted by molar-refractivity contribution is 5.29. The molecule has 0 aliphatic carbocycles. The number of ether oxygens (including phenoxy) is 1. The lowest BCUT2D eigenvalue weighted by molar-refractivity contribution is 0.330. The second-order valence-corrected chi connectivity index (χ2v) is 4.78. The summed E-state index contributed by atoms with van der Waals surface area (Å²) in [7, 11) is 0. The Kier molecular flexibility index (Phi) is 5.62. The maximum atomic E-state index is 5.59. The molecular weight excluding hydrogens is 252 g/mol. The fraction of sp³-hybridized carbons (Fsp3) is 0.438. The predicted octanol–water partition coefficient (Wildman–Crippen LogP) is 3.92. The molecule has 4 heteroatoms.